The van der Waals surface area contributed by atoms with Gasteiger partial charge in [0, 0.05) is 0 Å². The van der Waals surface area contributed by atoms with Crippen LogP contribution in [0, 0.1) is 17.1 Å². The highest BCUT2D eigenvalue weighted by Crippen LogP contribution is 2.34. The molecule has 2 heterocycles. The van der Waals surface area contributed by atoms with Crippen LogP contribution in [0.1, 0.15) is 38.3 Å². The van der Waals surface area contributed by atoms with Crippen molar-refractivity contribution in [2.45, 2.75) is 44.9 Å². The summed E-state index contributed by atoms with van der Waals surface area (Å²) in [6, 6.07) is 5.84. The van der Waals surface area contributed by atoms with Crippen LogP contribution in [-0.2, 0) is 9.47 Å². The van der Waals surface area contributed by atoms with Crippen molar-refractivity contribution >= 4 is 11.7 Å². The monoisotopic (exact) mass is 344 g/mol. The summed E-state index contributed by atoms with van der Waals surface area (Å²) in [4.78, 5) is 14.3. The molecule has 0 spiro atoms. The number of rotatable bonds is 1. The molecule has 1 amide bonds. The van der Waals surface area contributed by atoms with Crippen LogP contribution in [0.3, 0.4) is 0 Å². The zero-order valence-electron chi connectivity index (χ0n) is 14.6. The molecule has 1 saturated heterocycles. The maximum Gasteiger partial charge on any atom is 0.411 e. The van der Waals surface area contributed by atoms with Crippen LogP contribution in [0.2, 0.25) is 0 Å². The Morgan fingerprint density at radius 2 is 2.16 bits per heavy atom. The third kappa shape index (κ3) is 3.67. The van der Waals surface area contributed by atoms with E-state index in [-0.39, 0.29) is 18.2 Å². The molecule has 1 fully saturated rings. The molecule has 1 aromatic rings. The lowest BCUT2D eigenvalue weighted by Gasteiger charge is -2.44. The number of hydrogen-bond donors (Lipinski definition) is 0. The first-order valence-electron chi connectivity index (χ1n) is 8.28. The van der Waals surface area contributed by atoms with Crippen LogP contribution in [0.25, 0.3) is 5.57 Å². The Bertz CT molecular complexity index is 761. The van der Waals surface area contributed by atoms with E-state index in [2.05, 4.69) is 0 Å². The number of carbonyl (C=O) groups is 1. The Kier molecular flexibility index (Phi) is 4.53. The van der Waals surface area contributed by atoms with E-state index < -0.39 is 11.4 Å². The van der Waals surface area contributed by atoms with E-state index in [9.17, 15) is 14.4 Å². The first-order valence-corrected chi connectivity index (χ1v) is 8.28. The van der Waals surface area contributed by atoms with Gasteiger partial charge in [-0.3, -0.25) is 4.90 Å². The third-order valence-corrected chi connectivity index (χ3v) is 4.25. The molecule has 2 bridgehead atoms. The Hall–Kier alpha value is -2.39. The SMILES string of the molecule is CC(C)(C)OC(=O)N1C2C=C(c3ccc(F)cc3C#N)CC1COC2. The number of ether oxygens (including phenoxy) is 2. The number of hydrogen-bond acceptors (Lipinski definition) is 4. The van der Waals surface area contributed by atoms with Crippen LogP contribution in [0.4, 0.5) is 9.18 Å². The molecule has 132 valence electrons. The highest BCUT2D eigenvalue weighted by atomic mass is 19.1. The van der Waals surface area contributed by atoms with E-state index >= 15 is 0 Å². The molecule has 2 atom stereocenters. The predicted molar refractivity (Wildman–Crippen MR) is 90.2 cm³/mol. The summed E-state index contributed by atoms with van der Waals surface area (Å²) in [6.07, 6.45) is 2.10. The van der Waals surface area contributed by atoms with E-state index in [1.165, 1.54) is 12.1 Å². The lowest BCUT2D eigenvalue weighted by Crippen LogP contribution is -2.57. The lowest BCUT2D eigenvalue weighted by molar-refractivity contribution is -0.0510. The molecule has 2 unspecified atom stereocenters. The van der Waals surface area contributed by atoms with Crippen molar-refractivity contribution in [2.24, 2.45) is 0 Å². The summed E-state index contributed by atoms with van der Waals surface area (Å²) in [6.45, 7) is 6.29. The van der Waals surface area contributed by atoms with Gasteiger partial charge in [-0.1, -0.05) is 12.1 Å². The number of carbonyl (C=O) groups excluding carboxylic acids is 1. The molecule has 1 aromatic carbocycles. The van der Waals surface area contributed by atoms with Crippen LogP contribution < -0.4 is 0 Å². The number of benzene rings is 1. The number of amides is 1. The van der Waals surface area contributed by atoms with Crippen molar-refractivity contribution in [3.05, 3.63) is 41.2 Å². The zero-order chi connectivity index (χ0) is 18.2. The van der Waals surface area contributed by atoms with Gasteiger partial charge in [0.15, 0.2) is 0 Å². The fraction of sp³-hybridized carbons (Fsp3) is 0.474. The fourth-order valence-corrected chi connectivity index (χ4v) is 3.28. The summed E-state index contributed by atoms with van der Waals surface area (Å²) in [7, 11) is 0. The van der Waals surface area contributed by atoms with E-state index in [1.54, 1.807) is 11.0 Å². The van der Waals surface area contributed by atoms with Crippen molar-refractivity contribution in [2.75, 3.05) is 13.2 Å². The van der Waals surface area contributed by atoms with Gasteiger partial charge in [0.1, 0.15) is 11.4 Å². The highest BCUT2D eigenvalue weighted by molar-refractivity contribution is 5.76. The molecule has 0 N–H and O–H groups in total. The molecule has 2 aliphatic heterocycles. The molecule has 6 heteroatoms. The molecular formula is C19H21FN2O3. The number of nitrogens with zero attached hydrogens (tertiary/aromatic N) is 2. The number of nitriles is 1. The van der Waals surface area contributed by atoms with Crippen molar-refractivity contribution in [1.29, 1.82) is 5.26 Å². The van der Waals surface area contributed by atoms with E-state index in [0.717, 1.165) is 5.57 Å². The van der Waals surface area contributed by atoms with Gasteiger partial charge in [-0.2, -0.15) is 5.26 Å². The van der Waals surface area contributed by atoms with E-state index in [0.29, 0.717) is 30.8 Å². The van der Waals surface area contributed by atoms with E-state index in [4.69, 9.17) is 9.47 Å². The van der Waals surface area contributed by atoms with Gasteiger partial charge in [-0.15, -0.1) is 0 Å². The number of morpholine rings is 1. The molecule has 0 aliphatic carbocycles. The lowest BCUT2D eigenvalue weighted by atomic mass is 9.88. The Morgan fingerprint density at radius 1 is 1.40 bits per heavy atom. The van der Waals surface area contributed by atoms with Gasteiger partial charge in [0.25, 0.3) is 0 Å². The smallest absolute Gasteiger partial charge is 0.411 e. The van der Waals surface area contributed by atoms with Gasteiger partial charge in [-0.25, -0.2) is 9.18 Å². The predicted octanol–water partition coefficient (Wildman–Crippen LogP) is 3.49. The van der Waals surface area contributed by atoms with Crippen LogP contribution in [-0.4, -0.2) is 41.9 Å². The molecular weight excluding hydrogens is 323 g/mol. The third-order valence-electron chi connectivity index (χ3n) is 4.25. The second-order valence-electron chi connectivity index (χ2n) is 7.34. The Balaban J connectivity index is 1.92. The minimum absolute atomic E-state index is 0.162. The van der Waals surface area contributed by atoms with Gasteiger partial charge < -0.3 is 9.47 Å². The molecule has 0 saturated carbocycles. The normalized spacial score (nSPS) is 22.8. The van der Waals surface area contributed by atoms with Crippen molar-refractivity contribution in [3.63, 3.8) is 0 Å². The largest absolute Gasteiger partial charge is 0.444 e. The maximum atomic E-state index is 13.4. The van der Waals surface area contributed by atoms with Crippen LogP contribution in [0.15, 0.2) is 24.3 Å². The molecule has 3 rings (SSSR count). The standard InChI is InChI=1S/C19H21FN2O3/c1-19(2,3)25-18(23)22-15-7-12(8-16(22)11-24-10-15)17-5-4-14(20)6-13(17)9-21/h4-7,15-16H,8,10-11H2,1-3H3. The zero-order valence-corrected chi connectivity index (χ0v) is 14.6. The summed E-state index contributed by atoms with van der Waals surface area (Å²) in [5.41, 5.74) is 1.39. The summed E-state index contributed by atoms with van der Waals surface area (Å²) in [5.74, 6) is -0.435. The second-order valence-corrected chi connectivity index (χ2v) is 7.34. The minimum Gasteiger partial charge on any atom is -0.444 e. The second kappa shape index (κ2) is 6.49. The molecule has 0 radical (unpaired) electrons. The maximum absolute atomic E-state index is 13.4. The van der Waals surface area contributed by atoms with Crippen molar-refractivity contribution in [1.82, 2.24) is 4.90 Å². The number of fused-ring (bicyclic) bond motifs is 2. The van der Waals surface area contributed by atoms with Crippen molar-refractivity contribution < 1.29 is 18.7 Å². The minimum atomic E-state index is -0.568. The Morgan fingerprint density at radius 3 is 2.80 bits per heavy atom. The quantitative estimate of drug-likeness (QED) is 0.782. The average molecular weight is 344 g/mol. The molecule has 5 nitrogen and oxygen atoms in total. The first-order chi connectivity index (χ1) is 11.8. The van der Waals surface area contributed by atoms with Crippen LogP contribution in [0.5, 0.6) is 0 Å². The number of halogens is 1. The van der Waals surface area contributed by atoms with Gasteiger partial charge in [0.05, 0.1) is 36.9 Å². The average Bonchev–Trinajstić information content (AvgIpc) is 2.51. The summed E-state index contributed by atoms with van der Waals surface area (Å²) < 4.78 is 24.5. The molecule has 0 aromatic heterocycles. The first kappa shape index (κ1) is 17.4. The Labute approximate surface area is 146 Å². The van der Waals surface area contributed by atoms with Crippen LogP contribution >= 0.6 is 0 Å². The topological polar surface area (TPSA) is 62.6 Å². The molecule has 2 aliphatic rings. The van der Waals surface area contributed by atoms with Crippen molar-refractivity contribution in [3.8, 4) is 6.07 Å². The summed E-state index contributed by atoms with van der Waals surface area (Å²) in [5, 5.41) is 9.29. The van der Waals surface area contributed by atoms with Gasteiger partial charge >= 0.3 is 6.09 Å². The highest BCUT2D eigenvalue weighted by Gasteiger charge is 2.40. The fourth-order valence-electron chi connectivity index (χ4n) is 3.28. The molecule has 25 heavy (non-hydrogen) atoms. The van der Waals surface area contributed by atoms with Gasteiger partial charge in [-0.05, 0) is 50.5 Å². The summed E-state index contributed by atoms with van der Waals surface area (Å²) >= 11 is 0. The van der Waals surface area contributed by atoms with E-state index in [1.807, 2.05) is 32.9 Å². The van der Waals surface area contributed by atoms with Gasteiger partial charge in [0.2, 0.25) is 0 Å².